The average Bonchev–Trinajstić information content (AvgIpc) is 2.57. The number of hydrogen-bond acceptors (Lipinski definition) is 5. The Bertz CT molecular complexity index is 357. The van der Waals surface area contributed by atoms with Crippen molar-refractivity contribution >= 4 is 31.7 Å². The van der Waals surface area contributed by atoms with Crippen molar-refractivity contribution in [3.63, 3.8) is 0 Å². The number of carbonyl (C=O) groups excluding carboxylic acids is 1. The van der Waals surface area contributed by atoms with E-state index in [1.165, 1.54) is 7.11 Å². The van der Waals surface area contributed by atoms with Crippen LogP contribution in [-0.2, 0) is 19.4 Å². The van der Waals surface area contributed by atoms with E-state index in [0.717, 1.165) is 0 Å². The van der Waals surface area contributed by atoms with E-state index < -0.39 is 14.7 Å². The molecule has 1 rings (SSSR count). The van der Waals surface area contributed by atoms with Gasteiger partial charge in [-0.1, -0.05) is 15.9 Å². The maximum Gasteiger partial charge on any atom is 0.320 e. The highest BCUT2D eigenvalue weighted by Crippen LogP contribution is 2.17. The van der Waals surface area contributed by atoms with Crippen molar-refractivity contribution in [2.24, 2.45) is 0 Å². The van der Waals surface area contributed by atoms with Crippen LogP contribution in [0.2, 0.25) is 0 Å². The summed E-state index contributed by atoms with van der Waals surface area (Å²) in [6.07, 6.45) is 0.639. The van der Waals surface area contributed by atoms with Crippen LogP contribution in [0.5, 0.6) is 0 Å². The third-order valence-corrected chi connectivity index (χ3v) is 5.15. The Morgan fingerprint density at radius 3 is 2.69 bits per heavy atom. The lowest BCUT2D eigenvalue weighted by molar-refractivity contribution is -0.140. The molecule has 0 radical (unpaired) electrons. The molecule has 0 saturated carbocycles. The third-order valence-electron chi connectivity index (χ3n) is 2.74. The molecule has 2 unspecified atom stereocenters. The Hall–Kier alpha value is -0.140. The van der Waals surface area contributed by atoms with Gasteiger partial charge in [0.25, 0.3) is 0 Å². The Labute approximate surface area is 104 Å². The topological polar surface area (TPSA) is 63.7 Å². The molecule has 0 aliphatic carbocycles. The number of rotatable bonds is 4. The number of hydrogen-bond donors (Lipinski definition) is 0. The third kappa shape index (κ3) is 3.71. The van der Waals surface area contributed by atoms with E-state index in [4.69, 9.17) is 0 Å². The molecule has 0 aromatic heterocycles. The van der Waals surface area contributed by atoms with E-state index in [2.05, 4.69) is 20.7 Å². The number of ether oxygens (including phenoxy) is 1. The van der Waals surface area contributed by atoms with E-state index >= 15 is 0 Å². The van der Waals surface area contributed by atoms with Crippen LogP contribution in [0.3, 0.4) is 0 Å². The van der Waals surface area contributed by atoms with E-state index in [9.17, 15) is 13.2 Å². The first-order chi connectivity index (χ1) is 7.35. The molecule has 0 aromatic rings. The summed E-state index contributed by atoms with van der Waals surface area (Å²) in [4.78, 5) is 12.7. The number of methoxy groups -OCH3 is 1. The van der Waals surface area contributed by atoms with Gasteiger partial charge in [0.2, 0.25) is 0 Å². The lowest BCUT2D eigenvalue weighted by Crippen LogP contribution is -2.39. The first kappa shape index (κ1) is 13.9. The largest absolute Gasteiger partial charge is 0.468 e. The van der Waals surface area contributed by atoms with Crippen molar-refractivity contribution < 1.29 is 17.9 Å². The summed E-state index contributed by atoms with van der Waals surface area (Å²) >= 11 is 3.21. The molecule has 1 heterocycles. The van der Waals surface area contributed by atoms with Gasteiger partial charge in [0.1, 0.15) is 4.83 Å². The summed E-state index contributed by atoms with van der Waals surface area (Å²) in [5, 5.41) is 0. The molecular formula is C9H16BrNO4S. The molecule has 1 aliphatic rings. The van der Waals surface area contributed by atoms with Crippen molar-refractivity contribution in [2.45, 2.75) is 17.3 Å². The van der Waals surface area contributed by atoms with Crippen LogP contribution in [0, 0.1) is 0 Å². The minimum atomic E-state index is -2.88. The monoisotopic (exact) mass is 313 g/mol. The van der Waals surface area contributed by atoms with E-state index in [-0.39, 0.29) is 23.5 Å². The maximum atomic E-state index is 11.3. The number of carbonyl (C=O) groups is 1. The molecule has 0 amide bonds. The smallest absolute Gasteiger partial charge is 0.320 e. The molecule has 0 aromatic carbocycles. The number of halogens is 1. The quantitative estimate of drug-likeness (QED) is 0.542. The van der Waals surface area contributed by atoms with Crippen LogP contribution in [0.15, 0.2) is 0 Å². The number of sulfone groups is 1. The predicted octanol–water partition coefficient (Wildman–Crippen LogP) is 0.0418. The van der Waals surface area contributed by atoms with Crippen LogP contribution in [0.25, 0.3) is 0 Å². The summed E-state index contributed by atoms with van der Waals surface area (Å²) < 4.78 is 27.2. The highest BCUT2D eigenvalue weighted by molar-refractivity contribution is 9.10. The minimum absolute atomic E-state index is 0.00899. The molecule has 0 N–H and O–H groups in total. The van der Waals surface area contributed by atoms with Gasteiger partial charge >= 0.3 is 5.97 Å². The zero-order chi connectivity index (χ0) is 12.3. The van der Waals surface area contributed by atoms with Gasteiger partial charge in [0, 0.05) is 12.6 Å². The Balaban J connectivity index is 2.47. The number of esters is 1. The molecule has 1 fully saturated rings. The molecule has 7 heteroatoms. The predicted molar refractivity (Wildman–Crippen MR) is 64.4 cm³/mol. The second-order valence-corrected chi connectivity index (χ2v) is 7.32. The van der Waals surface area contributed by atoms with Crippen molar-refractivity contribution in [1.29, 1.82) is 0 Å². The maximum absolute atomic E-state index is 11.3. The number of nitrogens with zero attached hydrogens (tertiary/aromatic N) is 1. The lowest BCUT2D eigenvalue weighted by Gasteiger charge is -2.24. The van der Waals surface area contributed by atoms with E-state index in [0.29, 0.717) is 13.0 Å². The van der Waals surface area contributed by atoms with Crippen molar-refractivity contribution in [2.75, 3.05) is 32.2 Å². The summed E-state index contributed by atoms with van der Waals surface area (Å²) in [6.45, 7) is 0.451. The summed E-state index contributed by atoms with van der Waals surface area (Å²) in [6, 6.07) is 0.00899. The van der Waals surface area contributed by atoms with E-state index in [1.807, 2.05) is 11.9 Å². The van der Waals surface area contributed by atoms with Gasteiger partial charge in [-0.2, -0.15) is 0 Å². The highest BCUT2D eigenvalue weighted by atomic mass is 79.9. The molecule has 2 atom stereocenters. The molecule has 0 bridgehead atoms. The van der Waals surface area contributed by atoms with Gasteiger partial charge in [-0.3, -0.25) is 4.79 Å². The lowest BCUT2D eigenvalue weighted by atomic mass is 10.2. The van der Waals surface area contributed by atoms with Crippen LogP contribution in [0.4, 0.5) is 0 Å². The van der Waals surface area contributed by atoms with Gasteiger partial charge in [-0.05, 0) is 13.5 Å². The van der Waals surface area contributed by atoms with Crippen molar-refractivity contribution in [1.82, 2.24) is 4.90 Å². The van der Waals surface area contributed by atoms with E-state index in [1.54, 1.807) is 0 Å². The standard InChI is InChI=1S/C9H16BrNO4S/c1-11(5-8(10)9(12)15-2)7-3-4-16(13,14)6-7/h7-8H,3-6H2,1-2H3. The summed E-state index contributed by atoms with van der Waals surface area (Å²) in [5.74, 6) is 0.0881. The van der Waals surface area contributed by atoms with Crippen molar-refractivity contribution in [3.05, 3.63) is 0 Å². The molecular weight excluding hydrogens is 298 g/mol. The first-order valence-corrected chi connectivity index (χ1v) is 7.72. The van der Waals surface area contributed by atoms with Gasteiger partial charge in [-0.15, -0.1) is 0 Å². The summed E-state index contributed by atoms with van der Waals surface area (Å²) in [7, 11) is 0.277. The highest BCUT2D eigenvalue weighted by Gasteiger charge is 2.32. The summed E-state index contributed by atoms with van der Waals surface area (Å²) in [5.41, 5.74) is 0. The van der Waals surface area contributed by atoms with Crippen molar-refractivity contribution in [3.8, 4) is 0 Å². The van der Waals surface area contributed by atoms with Gasteiger partial charge in [0.05, 0.1) is 18.6 Å². The molecule has 94 valence electrons. The average molecular weight is 314 g/mol. The molecule has 16 heavy (non-hydrogen) atoms. The van der Waals surface area contributed by atoms with Gasteiger partial charge in [-0.25, -0.2) is 8.42 Å². The minimum Gasteiger partial charge on any atom is -0.468 e. The van der Waals surface area contributed by atoms with Crippen LogP contribution >= 0.6 is 15.9 Å². The van der Waals surface area contributed by atoms with Crippen LogP contribution in [0.1, 0.15) is 6.42 Å². The molecule has 5 nitrogen and oxygen atoms in total. The zero-order valence-corrected chi connectivity index (χ0v) is 11.8. The first-order valence-electron chi connectivity index (χ1n) is 4.98. The molecule has 1 saturated heterocycles. The number of alkyl halides is 1. The van der Waals surface area contributed by atoms with Gasteiger partial charge < -0.3 is 9.64 Å². The normalized spacial score (nSPS) is 25.6. The molecule has 1 aliphatic heterocycles. The SMILES string of the molecule is COC(=O)C(Br)CN(C)C1CCS(=O)(=O)C1. The second-order valence-electron chi connectivity index (χ2n) is 3.99. The Kier molecular flexibility index (Phi) is 4.75. The Morgan fingerprint density at radius 2 is 2.25 bits per heavy atom. The fourth-order valence-electron chi connectivity index (χ4n) is 1.73. The van der Waals surface area contributed by atoms with Crippen LogP contribution < -0.4 is 0 Å². The zero-order valence-electron chi connectivity index (χ0n) is 9.35. The fraction of sp³-hybridized carbons (Fsp3) is 0.889. The Morgan fingerprint density at radius 1 is 1.62 bits per heavy atom. The van der Waals surface area contributed by atoms with Gasteiger partial charge in [0.15, 0.2) is 9.84 Å². The molecule has 0 spiro atoms. The van der Waals surface area contributed by atoms with Crippen LogP contribution in [-0.4, -0.2) is 62.4 Å². The fourth-order valence-corrected chi connectivity index (χ4v) is 4.18. The second kappa shape index (κ2) is 5.46.